The van der Waals surface area contributed by atoms with Gasteiger partial charge in [0.05, 0.1) is 17.0 Å². The van der Waals surface area contributed by atoms with Gasteiger partial charge in [-0.1, -0.05) is 18.2 Å². The zero-order chi connectivity index (χ0) is 16.9. The summed E-state index contributed by atoms with van der Waals surface area (Å²) in [5.41, 5.74) is 3.56. The molecule has 0 amide bonds. The van der Waals surface area contributed by atoms with E-state index in [9.17, 15) is 0 Å². The van der Waals surface area contributed by atoms with Crippen LogP contribution in [0.5, 0.6) is 0 Å². The minimum absolute atomic E-state index is 0.695. The highest BCUT2D eigenvalue weighted by Gasteiger charge is 2.15. The zero-order valence-electron chi connectivity index (χ0n) is 13.4. The second-order valence-corrected chi connectivity index (χ2v) is 5.35. The summed E-state index contributed by atoms with van der Waals surface area (Å²) in [6, 6.07) is 19.3. The molecule has 0 aliphatic heterocycles. The summed E-state index contributed by atoms with van der Waals surface area (Å²) < 4.78 is 0. The van der Waals surface area contributed by atoms with Crippen LogP contribution >= 0.6 is 0 Å². The monoisotopic (exact) mass is 325 g/mol. The molecule has 0 atom stereocenters. The van der Waals surface area contributed by atoms with Gasteiger partial charge in [0.15, 0.2) is 0 Å². The molecule has 120 valence electrons. The Morgan fingerprint density at radius 1 is 0.560 bits per heavy atom. The zero-order valence-corrected chi connectivity index (χ0v) is 13.4. The van der Waals surface area contributed by atoms with Gasteiger partial charge in [-0.2, -0.15) is 0 Å². The SMILES string of the molecule is c1ccc(Nc2nccc(-c3ccccn3)c2-c2ccccn2)nc1. The summed E-state index contributed by atoms with van der Waals surface area (Å²) in [4.78, 5) is 17.8. The van der Waals surface area contributed by atoms with Gasteiger partial charge in [-0.05, 0) is 42.5 Å². The van der Waals surface area contributed by atoms with Crippen LogP contribution in [0, 0.1) is 0 Å². The molecular weight excluding hydrogens is 310 g/mol. The Morgan fingerprint density at radius 2 is 1.24 bits per heavy atom. The molecule has 5 heteroatoms. The lowest BCUT2D eigenvalue weighted by Crippen LogP contribution is -2.01. The summed E-state index contributed by atoms with van der Waals surface area (Å²) in [6.45, 7) is 0. The van der Waals surface area contributed by atoms with Crippen molar-refractivity contribution in [2.24, 2.45) is 0 Å². The Hall–Kier alpha value is -3.60. The van der Waals surface area contributed by atoms with Gasteiger partial charge in [-0.3, -0.25) is 9.97 Å². The minimum atomic E-state index is 0.695. The molecule has 4 rings (SSSR count). The van der Waals surface area contributed by atoms with Gasteiger partial charge < -0.3 is 5.32 Å². The van der Waals surface area contributed by atoms with E-state index in [0.717, 1.165) is 28.3 Å². The third-order valence-electron chi connectivity index (χ3n) is 3.72. The molecule has 4 aromatic heterocycles. The number of hydrogen-bond donors (Lipinski definition) is 1. The molecule has 4 aromatic rings. The van der Waals surface area contributed by atoms with Gasteiger partial charge in [-0.25, -0.2) is 9.97 Å². The minimum Gasteiger partial charge on any atom is -0.324 e. The maximum absolute atomic E-state index is 4.52. The van der Waals surface area contributed by atoms with Crippen molar-refractivity contribution < 1.29 is 0 Å². The van der Waals surface area contributed by atoms with E-state index >= 15 is 0 Å². The number of nitrogens with zero attached hydrogens (tertiary/aromatic N) is 4. The van der Waals surface area contributed by atoms with Crippen molar-refractivity contribution in [3.63, 3.8) is 0 Å². The van der Waals surface area contributed by atoms with Crippen molar-refractivity contribution in [3.8, 4) is 22.5 Å². The molecule has 0 saturated carbocycles. The van der Waals surface area contributed by atoms with Crippen LogP contribution in [0.15, 0.2) is 85.5 Å². The second-order valence-electron chi connectivity index (χ2n) is 5.35. The van der Waals surface area contributed by atoms with E-state index in [-0.39, 0.29) is 0 Å². The largest absolute Gasteiger partial charge is 0.324 e. The molecule has 1 N–H and O–H groups in total. The van der Waals surface area contributed by atoms with Gasteiger partial charge in [0.1, 0.15) is 11.6 Å². The predicted octanol–water partition coefficient (Wildman–Crippen LogP) is 4.34. The van der Waals surface area contributed by atoms with E-state index in [4.69, 9.17) is 0 Å². The summed E-state index contributed by atoms with van der Waals surface area (Å²) in [7, 11) is 0. The number of rotatable bonds is 4. The highest BCUT2D eigenvalue weighted by atomic mass is 15.1. The van der Waals surface area contributed by atoms with Crippen molar-refractivity contribution in [1.29, 1.82) is 0 Å². The van der Waals surface area contributed by atoms with Gasteiger partial charge in [0.25, 0.3) is 0 Å². The Balaban J connectivity index is 1.89. The van der Waals surface area contributed by atoms with Gasteiger partial charge in [-0.15, -0.1) is 0 Å². The highest BCUT2D eigenvalue weighted by molar-refractivity contribution is 5.88. The van der Waals surface area contributed by atoms with E-state index < -0.39 is 0 Å². The molecule has 0 unspecified atom stereocenters. The Labute approximate surface area is 145 Å². The molecule has 0 aliphatic rings. The van der Waals surface area contributed by atoms with E-state index in [1.54, 1.807) is 24.8 Å². The van der Waals surface area contributed by atoms with Crippen LogP contribution in [0.25, 0.3) is 22.5 Å². The van der Waals surface area contributed by atoms with Crippen LogP contribution in [0.2, 0.25) is 0 Å². The van der Waals surface area contributed by atoms with Gasteiger partial charge >= 0.3 is 0 Å². The molecule has 5 nitrogen and oxygen atoms in total. The maximum Gasteiger partial charge on any atom is 0.141 e. The van der Waals surface area contributed by atoms with Crippen LogP contribution in [-0.2, 0) is 0 Å². The molecule has 0 aromatic carbocycles. The fraction of sp³-hybridized carbons (Fsp3) is 0. The molecule has 4 heterocycles. The first kappa shape index (κ1) is 15.0. The van der Waals surface area contributed by atoms with Crippen molar-refractivity contribution in [2.75, 3.05) is 5.32 Å². The molecular formula is C20H15N5. The Bertz CT molecular complexity index is 957. The molecule has 0 spiro atoms. The summed E-state index contributed by atoms with van der Waals surface area (Å²) in [6.07, 6.45) is 7.06. The molecule has 0 aliphatic carbocycles. The third kappa shape index (κ3) is 3.21. The van der Waals surface area contributed by atoms with Crippen molar-refractivity contribution in [1.82, 2.24) is 19.9 Å². The standard InChI is InChI=1S/C20H15N5/c1-4-11-21-16(7-1)15-10-14-24-20(25-18-9-3-6-13-23-18)19(15)17-8-2-5-12-22-17/h1-14H,(H,23,24,25). The lowest BCUT2D eigenvalue weighted by molar-refractivity contribution is 1.23. The quantitative estimate of drug-likeness (QED) is 0.604. The Kier molecular flexibility index (Phi) is 4.12. The van der Waals surface area contributed by atoms with Crippen LogP contribution < -0.4 is 5.32 Å². The van der Waals surface area contributed by atoms with Crippen LogP contribution in [0.4, 0.5) is 11.6 Å². The summed E-state index contributed by atoms with van der Waals surface area (Å²) in [5.74, 6) is 1.42. The average molecular weight is 325 g/mol. The molecule has 25 heavy (non-hydrogen) atoms. The van der Waals surface area contributed by atoms with Crippen molar-refractivity contribution in [2.45, 2.75) is 0 Å². The van der Waals surface area contributed by atoms with Crippen LogP contribution in [0.1, 0.15) is 0 Å². The number of aromatic nitrogens is 4. The number of hydrogen-bond acceptors (Lipinski definition) is 5. The van der Waals surface area contributed by atoms with Gasteiger partial charge in [0, 0.05) is 30.4 Å². The summed E-state index contributed by atoms with van der Waals surface area (Å²) >= 11 is 0. The van der Waals surface area contributed by atoms with E-state index in [1.807, 2.05) is 60.7 Å². The first-order chi connectivity index (χ1) is 12.4. The lowest BCUT2D eigenvalue weighted by atomic mass is 10.0. The second kappa shape index (κ2) is 6.88. The highest BCUT2D eigenvalue weighted by Crippen LogP contribution is 2.35. The van der Waals surface area contributed by atoms with Crippen molar-refractivity contribution in [3.05, 3.63) is 85.5 Å². The average Bonchev–Trinajstić information content (AvgIpc) is 2.70. The van der Waals surface area contributed by atoms with E-state index in [0.29, 0.717) is 5.82 Å². The normalized spacial score (nSPS) is 10.4. The van der Waals surface area contributed by atoms with E-state index in [1.165, 1.54) is 0 Å². The molecule has 0 saturated heterocycles. The van der Waals surface area contributed by atoms with Crippen LogP contribution in [0.3, 0.4) is 0 Å². The van der Waals surface area contributed by atoms with Gasteiger partial charge in [0.2, 0.25) is 0 Å². The fourth-order valence-electron chi connectivity index (χ4n) is 2.62. The molecule has 0 radical (unpaired) electrons. The van der Waals surface area contributed by atoms with Crippen LogP contribution in [-0.4, -0.2) is 19.9 Å². The first-order valence-electron chi connectivity index (χ1n) is 7.92. The van der Waals surface area contributed by atoms with E-state index in [2.05, 4.69) is 25.3 Å². The number of pyridine rings is 4. The fourth-order valence-corrected chi connectivity index (χ4v) is 2.62. The number of anilines is 2. The number of nitrogens with one attached hydrogen (secondary N) is 1. The topological polar surface area (TPSA) is 63.6 Å². The summed E-state index contributed by atoms with van der Waals surface area (Å²) in [5, 5.41) is 3.29. The lowest BCUT2D eigenvalue weighted by Gasteiger charge is -2.14. The molecule has 0 fully saturated rings. The van der Waals surface area contributed by atoms with Crippen molar-refractivity contribution >= 4 is 11.6 Å². The predicted molar refractivity (Wildman–Crippen MR) is 98.2 cm³/mol. The Morgan fingerprint density at radius 3 is 1.88 bits per heavy atom. The first-order valence-corrected chi connectivity index (χ1v) is 7.92. The third-order valence-corrected chi connectivity index (χ3v) is 3.72. The maximum atomic E-state index is 4.52. The smallest absolute Gasteiger partial charge is 0.141 e. The molecule has 0 bridgehead atoms.